The normalized spacial score (nSPS) is 16.9. The predicted molar refractivity (Wildman–Crippen MR) is 345 cm³/mol. The van der Waals surface area contributed by atoms with Crippen LogP contribution in [0.5, 0.6) is 0 Å². The Morgan fingerprint density at radius 2 is 0.884 bits per heavy atom. The molecule has 0 bridgehead atoms. The van der Waals surface area contributed by atoms with Crippen LogP contribution >= 0.6 is 44.7 Å². The molecule has 13 rings (SSSR count). The number of likely N-dealkylation sites (N-methyl/N-ethyl adjacent to an activating group) is 3. The number of carbonyl (C=O) groups excluding carboxylic acids is 3. The molecule has 4 saturated heterocycles. The van der Waals surface area contributed by atoms with E-state index >= 15 is 0 Å². The van der Waals surface area contributed by atoms with Gasteiger partial charge in [-0.25, -0.2) is 19.9 Å². The van der Waals surface area contributed by atoms with E-state index in [0.717, 1.165) is 149 Å². The van der Waals surface area contributed by atoms with Crippen molar-refractivity contribution in [3.63, 3.8) is 0 Å². The number of carbonyl (C=O) groups is 3. The molecule has 0 N–H and O–H groups in total. The third kappa shape index (κ3) is 15.7. The maximum atomic E-state index is 12.6. The molecule has 9 aromatic rings. The number of amides is 3. The zero-order chi connectivity index (χ0) is 61.1. The predicted octanol–water partition coefficient (Wildman–Crippen LogP) is 7.38. The molecule has 21 nitrogen and oxygen atoms in total. The van der Waals surface area contributed by atoms with Crippen LogP contribution in [0.1, 0.15) is 58.8 Å². The Bertz CT molecular complexity index is 3740. The molecule has 0 saturated carbocycles. The number of aromatic nitrogens is 9. The summed E-state index contributed by atoms with van der Waals surface area (Å²) < 4.78 is 22.3. The molecule has 4 aliphatic heterocycles. The summed E-state index contributed by atoms with van der Waals surface area (Å²) in [5, 5.41) is 0. The van der Waals surface area contributed by atoms with Crippen LogP contribution in [-0.4, -0.2) is 216 Å². The van der Waals surface area contributed by atoms with Gasteiger partial charge in [0.05, 0.1) is 47.4 Å². The number of piperazine rings is 3. The zero-order valence-corrected chi connectivity index (χ0v) is 53.4. The van der Waals surface area contributed by atoms with Gasteiger partial charge in [-0.15, -0.1) is 0 Å². The fraction of sp³-hybridized carbons (Fsp3) is 0.350. The van der Waals surface area contributed by atoms with Gasteiger partial charge in [0.15, 0.2) is 16.9 Å². The summed E-state index contributed by atoms with van der Waals surface area (Å²) in [6.07, 6.45) is 20.0. The van der Waals surface area contributed by atoms with Gasteiger partial charge in [0.2, 0.25) is 0 Å². The second-order valence-electron chi connectivity index (χ2n) is 22.2. The summed E-state index contributed by atoms with van der Waals surface area (Å²) in [5.74, 6) is 0.302. The summed E-state index contributed by atoms with van der Waals surface area (Å²) in [5.41, 5.74) is 8.54. The van der Waals surface area contributed by atoms with Crippen LogP contribution < -0.4 is 5.46 Å². The Morgan fingerprint density at radius 1 is 0.512 bits per heavy atom. The van der Waals surface area contributed by atoms with Crippen molar-refractivity contribution in [2.75, 3.05) is 99.7 Å². The molecule has 4 fully saturated rings. The molecule has 1 radical (unpaired) electrons. The van der Waals surface area contributed by atoms with E-state index in [1.54, 1.807) is 37.2 Å². The molecule has 4 aliphatic rings. The van der Waals surface area contributed by atoms with Gasteiger partial charge in [0.25, 0.3) is 17.7 Å². The van der Waals surface area contributed by atoms with Crippen LogP contribution in [0, 0.1) is 0 Å². The summed E-state index contributed by atoms with van der Waals surface area (Å²) in [6.45, 7) is 18.4. The van der Waals surface area contributed by atoms with Crippen molar-refractivity contribution in [3.05, 3.63) is 167 Å². The first-order valence-corrected chi connectivity index (χ1v) is 30.1. The Morgan fingerprint density at radius 3 is 1.31 bits per heavy atom. The quantitative estimate of drug-likeness (QED) is 0.128. The first-order chi connectivity index (χ1) is 41.3. The minimum absolute atomic E-state index is 0.0976. The van der Waals surface area contributed by atoms with Crippen molar-refractivity contribution in [2.45, 2.75) is 38.9 Å². The molecule has 3 amide bonds. The molecule has 0 aliphatic carbocycles. The number of nitrogens with zero attached hydrogens (tertiary/aromatic N) is 16. The topological polar surface area (TPSA) is 192 Å². The van der Waals surface area contributed by atoms with Crippen molar-refractivity contribution in [1.29, 1.82) is 0 Å². The van der Waals surface area contributed by atoms with Crippen LogP contribution in [0.25, 0.3) is 39.5 Å². The van der Waals surface area contributed by atoms with Crippen molar-refractivity contribution in [2.24, 2.45) is 4.30 Å². The van der Waals surface area contributed by atoms with E-state index in [1.165, 1.54) is 0 Å². The minimum atomic E-state index is -0.386. The van der Waals surface area contributed by atoms with Crippen molar-refractivity contribution in [3.8, 4) is 22.5 Å². The van der Waals surface area contributed by atoms with Crippen LogP contribution in [0.15, 0.2) is 154 Å². The first-order valence-electron chi connectivity index (χ1n) is 28.2. The Hall–Kier alpha value is -7.03. The molecule has 26 heteroatoms. The summed E-state index contributed by atoms with van der Waals surface area (Å²) in [4.78, 5) is 75.6. The van der Waals surface area contributed by atoms with Gasteiger partial charge in [-0.3, -0.25) is 28.8 Å². The van der Waals surface area contributed by atoms with Gasteiger partial charge in [0, 0.05) is 150 Å². The van der Waals surface area contributed by atoms with Gasteiger partial charge >= 0.3 is 31.9 Å². The fourth-order valence-electron chi connectivity index (χ4n) is 9.69. The maximum absolute atomic E-state index is 12.6. The average Bonchev–Trinajstić information content (AvgIpc) is 4.13. The fourth-order valence-corrected chi connectivity index (χ4v) is 10.4. The molecule has 0 unspecified atom stereocenters. The van der Waals surface area contributed by atoms with Crippen LogP contribution in [0.4, 0.5) is 0 Å². The van der Waals surface area contributed by atoms with Gasteiger partial charge < -0.3 is 47.5 Å². The number of hydrogen-bond acceptors (Lipinski definition) is 16. The number of benzene rings is 3. The number of halogens is 2. The molecule has 0 atom stereocenters. The van der Waals surface area contributed by atoms with E-state index in [1.807, 2.05) is 159 Å². The van der Waals surface area contributed by atoms with Crippen molar-refractivity contribution >= 4 is 99.6 Å². The molecule has 3 aromatic carbocycles. The number of imidazole rings is 3. The molecular formula is C60H69B2Br2N16O5S. The second kappa shape index (κ2) is 28.7. The SMILES string of the molecule is Brc1cn2ccnc2cn1.CN1CCN(C(=O)c2ccc(-c3cn4c(Br)cnc4cn3)cc2)CC1.CN1CCN(C(=O)c2ccc(-c3cn4ccnc4cn3)cc2)CC1.CN1CCN(C(=O)c2ccc(B3OC(C)(C)C(C)(C)O3)cc2)CC1.[B]=NS. The van der Waals surface area contributed by atoms with Crippen molar-refractivity contribution < 1.29 is 23.7 Å². The molecule has 445 valence electrons. The summed E-state index contributed by atoms with van der Waals surface area (Å²) >= 11 is 9.92. The second-order valence-corrected chi connectivity index (χ2v) is 24.1. The number of rotatable bonds is 6. The van der Waals surface area contributed by atoms with Gasteiger partial charge in [-0.1, -0.05) is 36.4 Å². The molecule has 86 heavy (non-hydrogen) atoms. The van der Waals surface area contributed by atoms with E-state index in [0.29, 0.717) is 0 Å². The van der Waals surface area contributed by atoms with Crippen LogP contribution in [-0.2, 0) is 9.31 Å². The van der Waals surface area contributed by atoms with E-state index in [9.17, 15) is 14.4 Å². The standard InChI is InChI=1S/C18H27BN2O3.C18H18BrN5O.C18H19N5O.C6H4BrN3.BHNS/c1-17(2)18(3,4)24-19(23-17)15-8-6-14(7-9-15)16(22)21-12-10-20(5)11-13-21;1-22-6-8-23(9-7-22)18(25)14-4-2-13(3-5-14)15-12-24-16(19)10-21-17(24)11-20-15;1-21-8-10-22(11-9-21)18(24)15-4-2-14(3-5-15)16-13-23-7-6-19-17(23)12-20-16;7-5-4-10-2-1-8-6(10)3-9-5;1-2-3/h6-9H,10-13H2,1-5H3;2-5,10-12H,6-9H2,1H3;2-7,12-13H,8-11H2,1H3;1-4H;3H. The summed E-state index contributed by atoms with van der Waals surface area (Å²) in [6, 6.07) is 23.0. The van der Waals surface area contributed by atoms with E-state index in [4.69, 9.17) is 9.31 Å². The van der Waals surface area contributed by atoms with E-state index in [2.05, 4.69) is 122 Å². The molecule has 0 spiro atoms. The monoisotopic (exact) mass is 1310 g/mol. The first kappa shape index (κ1) is 63.5. The van der Waals surface area contributed by atoms with E-state index < -0.39 is 0 Å². The third-order valence-corrected chi connectivity index (χ3v) is 16.8. The number of fused-ring (bicyclic) bond motifs is 3. The Labute approximate surface area is 524 Å². The number of thiol groups is 1. The van der Waals surface area contributed by atoms with Gasteiger partial charge in [0.1, 0.15) is 9.21 Å². The summed E-state index contributed by atoms with van der Waals surface area (Å²) in [7, 11) is 10.2. The Balaban J connectivity index is 0.000000139. The number of hydrogen-bond donors (Lipinski definition) is 1. The van der Waals surface area contributed by atoms with Crippen LogP contribution in [0.2, 0.25) is 0 Å². The van der Waals surface area contributed by atoms with Gasteiger partial charge in [-0.05, 0) is 123 Å². The molecule has 6 aromatic heterocycles. The Kier molecular flexibility index (Phi) is 21.1. The molecule has 10 heterocycles. The third-order valence-electron chi connectivity index (χ3n) is 15.8. The van der Waals surface area contributed by atoms with Crippen LogP contribution in [0.3, 0.4) is 0 Å². The molecular weight excluding hydrogens is 1240 g/mol. The van der Waals surface area contributed by atoms with Crippen molar-refractivity contribution in [1.82, 2.24) is 72.5 Å². The van der Waals surface area contributed by atoms with E-state index in [-0.39, 0.29) is 36.0 Å². The zero-order valence-electron chi connectivity index (χ0n) is 49.3. The van der Waals surface area contributed by atoms with Gasteiger partial charge in [-0.2, -0.15) is 0 Å². The average molecular weight is 1310 g/mol.